The van der Waals surface area contributed by atoms with Crippen LogP contribution in [-0.2, 0) is 0 Å². The van der Waals surface area contributed by atoms with E-state index in [1.807, 2.05) is 0 Å². The summed E-state index contributed by atoms with van der Waals surface area (Å²) in [7, 11) is 2.30. The molecule has 1 aliphatic heterocycles. The molecule has 82 valence electrons. The first-order chi connectivity index (χ1) is 6.58. The monoisotopic (exact) mass is 196 g/mol. The van der Waals surface area contributed by atoms with E-state index in [0.717, 1.165) is 12.0 Å². The SMILES string of the molecule is CN1CC(C)(C)NCC2CCCCC21. The molecule has 0 aromatic carbocycles. The Morgan fingerprint density at radius 1 is 1.21 bits per heavy atom. The molecule has 2 atom stereocenters. The van der Waals surface area contributed by atoms with Crippen molar-refractivity contribution in [3.63, 3.8) is 0 Å². The Morgan fingerprint density at radius 3 is 2.71 bits per heavy atom. The van der Waals surface area contributed by atoms with Gasteiger partial charge in [0.1, 0.15) is 0 Å². The van der Waals surface area contributed by atoms with Gasteiger partial charge in [-0.05, 0) is 46.2 Å². The van der Waals surface area contributed by atoms with E-state index in [1.165, 1.54) is 38.8 Å². The summed E-state index contributed by atoms with van der Waals surface area (Å²) in [5.41, 5.74) is 0.298. The van der Waals surface area contributed by atoms with Crippen molar-refractivity contribution in [2.45, 2.75) is 51.1 Å². The third-order valence-electron chi connectivity index (χ3n) is 3.92. The quantitative estimate of drug-likeness (QED) is 0.636. The number of nitrogens with one attached hydrogen (secondary N) is 1. The van der Waals surface area contributed by atoms with E-state index >= 15 is 0 Å². The Kier molecular flexibility index (Phi) is 2.85. The predicted molar refractivity (Wildman–Crippen MR) is 60.5 cm³/mol. The fraction of sp³-hybridized carbons (Fsp3) is 1.00. The Bertz CT molecular complexity index is 200. The average Bonchev–Trinajstić information content (AvgIpc) is 2.24. The van der Waals surface area contributed by atoms with E-state index < -0.39 is 0 Å². The van der Waals surface area contributed by atoms with Crippen LogP contribution < -0.4 is 5.32 Å². The summed E-state index contributed by atoms with van der Waals surface area (Å²) >= 11 is 0. The molecule has 1 aliphatic carbocycles. The minimum absolute atomic E-state index is 0.298. The number of hydrogen-bond acceptors (Lipinski definition) is 2. The van der Waals surface area contributed by atoms with E-state index in [0.29, 0.717) is 5.54 Å². The Morgan fingerprint density at radius 2 is 1.93 bits per heavy atom. The van der Waals surface area contributed by atoms with Crippen molar-refractivity contribution in [2.75, 3.05) is 20.1 Å². The smallest absolute Gasteiger partial charge is 0.0252 e. The van der Waals surface area contributed by atoms with Gasteiger partial charge < -0.3 is 10.2 Å². The van der Waals surface area contributed by atoms with E-state index in [1.54, 1.807) is 0 Å². The highest BCUT2D eigenvalue weighted by Crippen LogP contribution is 2.30. The van der Waals surface area contributed by atoms with Crippen LogP contribution in [0.2, 0.25) is 0 Å². The van der Waals surface area contributed by atoms with Gasteiger partial charge in [-0.25, -0.2) is 0 Å². The van der Waals surface area contributed by atoms with Crippen LogP contribution >= 0.6 is 0 Å². The molecule has 0 aromatic heterocycles. The Labute approximate surface area is 88.1 Å². The minimum atomic E-state index is 0.298. The molecule has 0 spiro atoms. The molecule has 0 amide bonds. The number of nitrogens with zero attached hydrogens (tertiary/aromatic N) is 1. The maximum Gasteiger partial charge on any atom is 0.0252 e. The van der Waals surface area contributed by atoms with Crippen molar-refractivity contribution in [2.24, 2.45) is 5.92 Å². The van der Waals surface area contributed by atoms with Crippen molar-refractivity contribution >= 4 is 0 Å². The highest BCUT2D eigenvalue weighted by atomic mass is 15.2. The molecule has 0 aromatic rings. The molecule has 2 nitrogen and oxygen atoms in total. The van der Waals surface area contributed by atoms with Crippen molar-refractivity contribution < 1.29 is 0 Å². The average molecular weight is 196 g/mol. The summed E-state index contributed by atoms with van der Waals surface area (Å²) in [6.45, 7) is 7.05. The van der Waals surface area contributed by atoms with Gasteiger partial charge in [-0.2, -0.15) is 0 Å². The molecule has 2 unspecified atom stereocenters. The second kappa shape index (κ2) is 3.82. The summed E-state index contributed by atoms with van der Waals surface area (Å²) < 4.78 is 0. The lowest BCUT2D eigenvalue weighted by atomic mass is 9.84. The van der Waals surface area contributed by atoms with Gasteiger partial charge in [0.15, 0.2) is 0 Å². The molecule has 2 fully saturated rings. The highest BCUT2D eigenvalue weighted by Gasteiger charge is 2.35. The Balaban J connectivity index is 2.08. The lowest BCUT2D eigenvalue weighted by Crippen LogP contribution is -2.46. The first-order valence-corrected chi connectivity index (χ1v) is 6.04. The predicted octanol–water partition coefficient (Wildman–Crippen LogP) is 1.86. The van der Waals surface area contributed by atoms with Crippen LogP contribution in [0.5, 0.6) is 0 Å². The number of rotatable bonds is 0. The van der Waals surface area contributed by atoms with Crippen molar-refractivity contribution in [1.82, 2.24) is 10.2 Å². The third kappa shape index (κ3) is 2.12. The topological polar surface area (TPSA) is 15.3 Å². The lowest BCUT2D eigenvalue weighted by Gasteiger charge is -2.36. The van der Waals surface area contributed by atoms with Gasteiger partial charge in [0, 0.05) is 18.1 Å². The summed E-state index contributed by atoms with van der Waals surface area (Å²) in [4.78, 5) is 2.59. The molecule has 2 rings (SSSR count). The summed E-state index contributed by atoms with van der Waals surface area (Å²) in [5, 5.41) is 3.71. The third-order valence-corrected chi connectivity index (χ3v) is 3.92. The number of fused-ring (bicyclic) bond motifs is 1. The molecule has 1 saturated heterocycles. The van der Waals surface area contributed by atoms with Crippen LogP contribution in [0.25, 0.3) is 0 Å². The van der Waals surface area contributed by atoms with Gasteiger partial charge in [0.2, 0.25) is 0 Å². The van der Waals surface area contributed by atoms with Crippen molar-refractivity contribution in [3.05, 3.63) is 0 Å². The van der Waals surface area contributed by atoms with Crippen LogP contribution in [0.1, 0.15) is 39.5 Å². The number of likely N-dealkylation sites (N-methyl/N-ethyl adjacent to an activating group) is 1. The lowest BCUT2D eigenvalue weighted by molar-refractivity contribution is 0.140. The molecule has 1 N–H and O–H groups in total. The van der Waals surface area contributed by atoms with Crippen molar-refractivity contribution in [3.8, 4) is 0 Å². The molecule has 1 saturated carbocycles. The molecular formula is C12H24N2. The second-order valence-corrected chi connectivity index (χ2v) is 5.79. The maximum absolute atomic E-state index is 3.71. The first kappa shape index (κ1) is 10.4. The van der Waals surface area contributed by atoms with E-state index in [9.17, 15) is 0 Å². The van der Waals surface area contributed by atoms with Gasteiger partial charge >= 0.3 is 0 Å². The van der Waals surface area contributed by atoms with Gasteiger partial charge in [-0.15, -0.1) is 0 Å². The molecule has 14 heavy (non-hydrogen) atoms. The summed E-state index contributed by atoms with van der Waals surface area (Å²) in [6.07, 6.45) is 5.72. The van der Waals surface area contributed by atoms with Crippen LogP contribution in [0.4, 0.5) is 0 Å². The summed E-state index contributed by atoms with van der Waals surface area (Å²) in [6, 6.07) is 0.845. The normalized spacial score (nSPS) is 38.8. The fourth-order valence-corrected chi connectivity index (χ4v) is 3.21. The zero-order chi connectivity index (χ0) is 10.2. The van der Waals surface area contributed by atoms with E-state index in [2.05, 4.69) is 31.1 Å². The number of hydrogen-bond donors (Lipinski definition) is 1. The summed E-state index contributed by atoms with van der Waals surface area (Å²) in [5.74, 6) is 0.899. The first-order valence-electron chi connectivity index (χ1n) is 6.04. The standard InChI is InChI=1S/C12H24N2/c1-12(2)9-14(3)11-7-5-4-6-10(11)8-13-12/h10-11,13H,4-9H2,1-3H3. The van der Waals surface area contributed by atoms with E-state index in [-0.39, 0.29) is 0 Å². The van der Waals surface area contributed by atoms with Crippen LogP contribution in [0, 0.1) is 5.92 Å². The Hall–Kier alpha value is -0.0800. The van der Waals surface area contributed by atoms with Crippen LogP contribution in [0.3, 0.4) is 0 Å². The van der Waals surface area contributed by atoms with Crippen LogP contribution in [0.15, 0.2) is 0 Å². The maximum atomic E-state index is 3.71. The van der Waals surface area contributed by atoms with E-state index in [4.69, 9.17) is 0 Å². The molecule has 1 heterocycles. The molecule has 0 bridgehead atoms. The molecule has 0 radical (unpaired) electrons. The molecule has 2 heteroatoms. The minimum Gasteiger partial charge on any atom is -0.310 e. The fourth-order valence-electron chi connectivity index (χ4n) is 3.21. The largest absolute Gasteiger partial charge is 0.310 e. The van der Waals surface area contributed by atoms with Crippen LogP contribution in [-0.4, -0.2) is 36.6 Å². The molecule has 2 aliphatic rings. The second-order valence-electron chi connectivity index (χ2n) is 5.79. The van der Waals surface area contributed by atoms with Gasteiger partial charge in [-0.3, -0.25) is 0 Å². The molecular weight excluding hydrogens is 172 g/mol. The van der Waals surface area contributed by atoms with Gasteiger partial charge in [0.25, 0.3) is 0 Å². The van der Waals surface area contributed by atoms with Gasteiger partial charge in [0.05, 0.1) is 0 Å². The highest BCUT2D eigenvalue weighted by molar-refractivity contribution is 4.93. The zero-order valence-electron chi connectivity index (χ0n) is 9.84. The van der Waals surface area contributed by atoms with Crippen molar-refractivity contribution in [1.29, 1.82) is 0 Å². The zero-order valence-corrected chi connectivity index (χ0v) is 9.84. The van der Waals surface area contributed by atoms with Gasteiger partial charge in [-0.1, -0.05) is 12.8 Å².